The number of nitrogen functional groups attached to an aromatic ring is 1. The molecule has 0 heterocycles. The van der Waals surface area contributed by atoms with Crippen molar-refractivity contribution in [1.29, 1.82) is 0 Å². The number of allylic oxidation sites excluding steroid dienone is 2. The second-order valence-electron chi connectivity index (χ2n) is 3.73. The third-order valence-electron chi connectivity index (χ3n) is 2.54. The molecule has 4 nitrogen and oxygen atoms in total. The summed E-state index contributed by atoms with van der Waals surface area (Å²) in [6.07, 6.45) is 7.98. The highest BCUT2D eigenvalue weighted by atomic mass is 16.5. The minimum absolute atomic E-state index is 0.154. The molecule has 2 rings (SSSR count). The Kier molecular flexibility index (Phi) is 3.14. The van der Waals surface area contributed by atoms with Gasteiger partial charge in [-0.2, -0.15) is 0 Å². The predicted octanol–water partition coefficient (Wildman–Crippen LogP) is 1.96. The molecular weight excluding hydrogens is 216 g/mol. The molecule has 0 amide bonds. The number of methoxy groups -OCH3 is 1. The Hall–Kier alpha value is -2.23. The van der Waals surface area contributed by atoms with E-state index >= 15 is 0 Å². The molecule has 17 heavy (non-hydrogen) atoms. The van der Waals surface area contributed by atoms with E-state index < -0.39 is 0 Å². The summed E-state index contributed by atoms with van der Waals surface area (Å²) >= 11 is 0. The van der Waals surface area contributed by atoms with Gasteiger partial charge < -0.3 is 15.8 Å². The molecule has 0 atom stereocenters. The lowest BCUT2D eigenvalue weighted by Gasteiger charge is -2.13. The second-order valence-corrected chi connectivity index (χ2v) is 3.73. The average Bonchev–Trinajstić information content (AvgIpc) is 2.83. The van der Waals surface area contributed by atoms with Crippen LogP contribution in [0.3, 0.4) is 0 Å². The number of carbonyl (C=O) groups is 1. The van der Waals surface area contributed by atoms with Gasteiger partial charge in [-0.1, -0.05) is 24.3 Å². The van der Waals surface area contributed by atoms with Gasteiger partial charge in [-0.15, -0.1) is 0 Å². The van der Waals surface area contributed by atoms with E-state index in [2.05, 4.69) is 10.1 Å². The molecule has 0 fully saturated rings. The predicted molar refractivity (Wildman–Crippen MR) is 67.9 cm³/mol. The monoisotopic (exact) mass is 230 g/mol. The van der Waals surface area contributed by atoms with E-state index in [9.17, 15) is 4.79 Å². The summed E-state index contributed by atoms with van der Waals surface area (Å²) in [6.45, 7) is 0. The smallest absolute Gasteiger partial charge is 0.337 e. The fourth-order valence-corrected chi connectivity index (χ4v) is 1.65. The minimum atomic E-state index is -0.385. The van der Waals surface area contributed by atoms with Crippen LogP contribution in [0.1, 0.15) is 10.4 Å². The number of nitrogens with two attached hydrogens (primary N) is 1. The van der Waals surface area contributed by atoms with Crippen LogP contribution in [0.5, 0.6) is 0 Å². The van der Waals surface area contributed by atoms with Crippen molar-refractivity contribution >= 4 is 17.3 Å². The van der Waals surface area contributed by atoms with Gasteiger partial charge in [0.25, 0.3) is 0 Å². The zero-order valence-corrected chi connectivity index (χ0v) is 9.51. The molecule has 0 radical (unpaired) electrons. The summed E-state index contributed by atoms with van der Waals surface area (Å²) in [5.41, 5.74) is 7.66. The summed E-state index contributed by atoms with van der Waals surface area (Å²) in [4.78, 5) is 11.3. The van der Waals surface area contributed by atoms with E-state index in [0.29, 0.717) is 11.3 Å². The van der Waals surface area contributed by atoms with Crippen LogP contribution in [0, 0.1) is 0 Å². The molecular formula is C13H14N2O2. The fraction of sp³-hybridized carbons (Fsp3) is 0.154. The summed E-state index contributed by atoms with van der Waals surface area (Å²) in [6, 6.07) is 5.23. The van der Waals surface area contributed by atoms with Crippen LogP contribution in [-0.4, -0.2) is 19.1 Å². The Labute approximate surface area is 99.8 Å². The third-order valence-corrected chi connectivity index (χ3v) is 2.54. The SMILES string of the molecule is COC(=O)c1ccc(NC2C=CC=C2)c(N)c1. The Morgan fingerprint density at radius 2 is 2.06 bits per heavy atom. The van der Waals surface area contributed by atoms with Crippen molar-refractivity contribution in [3.63, 3.8) is 0 Å². The molecule has 1 aliphatic carbocycles. The van der Waals surface area contributed by atoms with Crippen LogP contribution in [0.15, 0.2) is 42.5 Å². The number of esters is 1. The zero-order chi connectivity index (χ0) is 12.3. The standard InChI is InChI=1S/C13H14N2O2/c1-17-13(16)9-6-7-12(11(14)8-9)15-10-4-2-3-5-10/h2-8,10,15H,14H2,1H3. The molecule has 0 spiro atoms. The number of anilines is 2. The molecule has 0 aromatic heterocycles. The number of carbonyl (C=O) groups excluding carboxylic acids is 1. The van der Waals surface area contributed by atoms with E-state index in [1.165, 1.54) is 7.11 Å². The minimum Gasteiger partial charge on any atom is -0.465 e. The second kappa shape index (κ2) is 4.74. The lowest BCUT2D eigenvalue weighted by atomic mass is 10.1. The van der Waals surface area contributed by atoms with Crippen molar-refractivity contribution in [2.75, 3.05) is 18.2 Å². The van der Waals surface area contributed by atoms with Crippen LogP contribution in [-0.2, 0) is 4.74 Å². The maximum atomic E-state index is 11.3. The number of rotatable bonds is 3. The van der Waals surface area contributed by atoms with Crippen molar-refractivity contribution in [2.45, 2.75) is 6.04 Å². The Morgan fingerprint density at radius 1 is 1.35 bits per heavy atom. The Bertz CT molecular complexity index is 480. The molecule has 0 aliphatic heterocycles. The van der Waals surface area contributed by atoms with Gasteiger partial charge in [0, 0.05) is 0 Å². The summed E-state index contributed by atoms with van der Waals surface area (Å²) in [5, 5.41) is 3.24. The van der Waals surface area contributed by atoms with E-state index in [1.807, 2.05) is 24.3 Å². The largest absolute Gasteiger partial charge is 0.465 e. The molecule has 4 heteroatoms. The number of hydrogen-bond donors (Lipinski definition) is 2. The van der Waals surface area contributed by atoms with Gasteiger partial charge in [-0.05, 0) is 18.2 Å². The highest BCUT2D eigenvalue weighted by molar-refractivity contribution is 5.91. The molecule has 0 unspecified atom stereocenters. The fourth-order valence-electron chi connectivity index (χ4n) is 1.65. The van der Waals surface area contributed by atoms with E-state index in [4.69, 9.17) is 5.73 Å². The number of benzene rings is 1. The van der Waals surface area contributed by atoms with Gasteiger partial charge in [0.05, 0.1) is 30.1 Å². The van der Waals surface area contributed by atoms with E-state index in [-0.39, 0.29) is 12.0 Å². The number of nitrogens with one attached hydrogen (secondary N) is 1. The quantitative estimate of drug-likeness (QED) is 0.615. The molecule has 1 aliphatic rings. The molecule has 88 valence electrons. The highest BCUT2D eigenvalue weighted by Crippen LogP contribution is 2.22. The lowest BCUT2D eigenvalue weighted by Crippen LogP contribution is -2.13. The van der Waals surface area contributed by atoms with Gasteiger partial charge >= 0.3 is 5.97 Å². The van der Waals surface area contributed by atoms with E-state index in [0.717, 1.165) is 5.69 Å². The number of ether oxygens (including phenoxy) is 1. The van der Waals surface area contributed by atoms with Crippen LogP contribution >= 0.6 is 0 Å². The third kappa shape index (κ3) is 2.47. The number of hydrogen-bond acceptors (Lipinski definition) is 4. The van der Waals surface area contributed by atoms with Crippen molar-refractivity contribution < 1.29 is 9.53 Å². The van der Waals surface area contributed by atoms with Crippen molar-refractivity contribution in [2.24, 2.45) is 0 Å². The van der Waals surface area contributed by atoms with Crippen molar-refractivity contribution in [3.8, 4) is 0 Å². The van der Waals surface area contributed by atoms with Gasteiger partial charge in [0.2, 0.25) is 0 Å². The lowest BCUT2D eigenvalue weighted by molar-refractivity contribution is 0.0601. The molecule has 1 aromatic carbocycles. The average molecular weight is 230 g/mol. The zero-order valence-electron chi connectivity index (χ0n) is 9.51. The first-order valence-corrected chi connectivity index (χ1v) is 5.30. The Balaban J connectivity index is 2.16. The van der Waals surface area contributed by atoms with Crippen LogP contribution < -0.4 is 11.1 Å². The molecule has 0 saturated heterocycles. The summed E-state index contributed by atoms with van der Waals surface area (Å²) in [5.74, 6) is -0.385. The normalized spacial score (nSPS) is 13.9. The van der Waals surface area contributed by atoms with Crippen LogP contribution in [0.4, 0.5) is 11.4 Å². The van der Waals surface area contributed by atoms with Crippen molar-refractivity contribution in [3.05, 3.63) is 48.1 Å². The Morgan fingerprint density at radius 3 is 2.65 bits per heavy atom. The van der Waals surface area contributed by atoms with Gasteiger partial charge in [0.15, 0.2) is 0 Å². The van der Waals surface area contributed by atoms with Crippen LogP contribution in [0.2, 0.25) is 0 Å². The first kappa shape index (κ1) is 11.3. The molecule has 0 saturated carbocycles. The van der Waals surface area contributed by atoms with Gasteiger partial charge in [0.1, 0.15) is 0 Å². The van der Waals surface area contributed by atoms with E-state index in [1.54, 1.807) is 18.2 Å². The first-order valence-electron chi connectivity index (χ1n) is 5.30. The van der Waals surface area contributed by atoms with Gasteiger partial charge in [-0.3, -0.25) is 0 Å². The molecule has 3 N–H and O–H groups in total. The maximum Gasteiger partial charge on any atom is 0.337 e. The summed E-state index contributed by atoms with van der Waals surface area (Å²) < 4.78 is 4.63. The molecule has 0 bridgehead atoms. The topological polar surface area (TPSA) is 64.3 Å². The first-order chi connectivity index (χ1) is 8.20. The highest BCUT2D eigenvalue weighted by Gasteiger charge is 2.10. The van der Waals surface area contributed by atoms with Crippen molar-refractivity contribution in [1.82, 2.24) is 0 Å². The summed E-state index contributed by atoms with van der Waals surface area (Å²) in [7, 11) is 1.35. The van der Waals surface area contributed by atoms with Crippen LogP contribution in [0.25, 0.3) is 0 Å². The van der Waals surface area contributed by atoms with Gasteiger partial charge in [-0.25, -0.2) is 4.79 Å². The molecule has 1 aromatic rings. The maximum absolute atomic E-state index is 11.3.